The molecule has 0 aliphatic carbocycles. The molecular weight excluding hydrogens is 513 g/mol. The van der Waals surface area contributed by atoms with Crippen LogP contribution in [0.5, 0.6) is 5.75 Å². The van der Waals surface area contributed by atoms with E-state index in [0.717, 1.165) is 36.8 Å². The number of rotatable bonds is 10. The summed E-state index contributed by atoms with van der Waals surface area (Å²) >= 11 is 0. The minimum atomic E-state index is -0.777. The number of aromatic hydroxyl groups is 1. The lowest BCUT2D eigenvalue weighted by Crippen LogP contribution is -2.76. The number of benzene rings is 2. The van der Waals surface area contributed by atoms with Gasteiger partial charge >= 0.3 is 6.03 Å². The van der Waals surface area contributed by atoms with Crippen molar-refractivity contribution in [3.05, 3.63) is 65.5 Å². The predicted molar refractivity (Wildman–Crippen MR) is 149 cm³/mol. The number of hydrazine groups is 1. The van der Waals surface area contributed by atoms with Crippen LogP contribution in [0.2, 0.25) is 0 Å². The Morgan fingerprint density at radius 3 is 2.40 bits per heavy atom. The summed E-state index contributed by atoms with van der Waals surface area (Å²) in [6, 6.07) is 11.4. The van der Waals surface area contributed by atoms with Crippen molar-refractivity contribution in [3.8, 4) is 5.75 Å². The number of nitrogens with one attached hydrogen (secondary N) is 1. The molecule has 4 rings (SSSR count). The molecule has 2 saturated heterocycles. The second kappa shape index (κ2) is 13.1. The molecule has 9 nitrogen and oxygen atoms in total. The summed E-state index contributed by atoms with van der Waals surface area (Å²) in [6.07, 6.45) is 3.69. The Labute approximate surface area is 235 Å². The molecule has 2 aliphatic heterocycles. The minimum absolute atomic E-state index is 0.0477. The van der Waals surface area contributed by atoms with Gasteiger partial charge in [-0.3, -0.25) is 9.59 Å². The molecule has 2 aromatic carbocycles. The van der Waals surface area contributed by atoms with Crippen LogP contribution in [-0.2, 0) is 22.6 Å². The Hall–Kier alpha value is -3.66. The Balaban J connectivity index is 1.62. The van der Waals surface area contributed by atoms with E-state index >= 15 is 0 Å². The maximum Gasteiger partial charge on any atom is 0.334 e. The molecule has 2 fully saturated rings. The summed E-state index contributed by atoms with van der Waals surface area (Å²) in [7, 11) is 1.69. The predicted octanol–water partition coefficient (Wildman–Crippen LogP) is 3.73. The summed E-state index contributed by atoms with van der Waals surface area (Å²) < 4.78 is 13.3. The zero-order chi connectivity index (χ0) is 28.8. The number of fused-ring (bicyclic) bond motifs is 1. The van der Waals surface area contributed by atoms with E-state index in [1.165, 1.54) is 17.1 Å². The zero-order valence-electron chi connectivity index (χ0n) is 23.6. The van der Waals surface area contributed by atoms with E-state index in [9.17, 15) is 23.9 Å². The summed E-state index contributed by atoms with van der Waals surface area (Å²) in [5.41, 5.74) is 1.56. The summed E-state index contributed by atoms with van der Waals surface area (Å²) in [4.78, 5) is 44.3. The molecule has 2 aliphatic rings. The topological polar surface area (TPSA) is 96.4 Å². The van der Waals surface area contributed by atoms with Gasteiger partial charge in [0.25, 0.3) is 0 Å². The molecule has 2 aromatic rings. The van der Waals surface area contributed by atoms with Crippen molar-refractivity contribution in [3.63, 3.8) is 0 Å². The van der Waals surface area contributed by atoms with Crippen LogP contribution in [0.1, 0.15) is 50.7 Å². The van der Waals surface area contributed by atoms with E-state index in [1.807, 2.05) is 4.90 Å². The number of amides is 4. The normalized spacial score (nSPS) is 20.4. The van der Waals surface area contributed by atoms with Crippen LogP contribution in [0.15, 0.2) is 48.5 Å². The summed E-state index contributed by atoms with van der Waals surface area (Å²) in [6.45, 7) is 5.20. The van der Waals surface area contributed by atoms with Gasteiger partial charge in [-0.2, -0.15) is 0 Å². The first-order valence-corrected chi connectivity index (χ1v) is 14.1. The smallest absolute Gasteiger partial charge is 0.334 e. The van der Waals surface area contributed by atoms with E-state index in [-0.39, 0.29) is 49.4 Å². The second-order valence-electron chi connectivity index (χ2n) is 10.8. The molecule has 0 spiro atoms. The molecule has 1 unspecified atom stereocenters. The van der Waals surface area contributed by atoms with Crippen LogP contribution in [0, 0.1) is 11.7 Å². The monoisotopic (exact) mass is 553 g/mol. The van der Waals surface area contributed by atoms with Gasteiger partial charge in [0.1, 0.15) is 23.8 Å². The number of carbonyl (C=O) groups is 3. The molecule has 10 heteroatoms. The van der Waals surface area contributed by atoms with Gasteiger partial charge in [0.2, 0.25) is 11.8 Å². The number of hydrogen-bond donors (Lipinski definition) is 2. The quantitative estimate of drug-likeness (QED) is 0.468. The number of nitrogens with zero attached hydrogens (tertiary/aromatic N) is 4. The molecular formula is C30H40FN5O4. The Morgan fingerprint density at radius 2 is 1.75 bits per heavy atom. The van der Waals surface area contributed by atoms with Gasteiger partial charge in [0, 0.05) is 26.6 Å². The zero-order valence-corrected chi connectivity index (χ0v) is 23.6. The average Bonchev–Trinajstić information content (AvgIpc) is 2.93. The third-order valence-electron chi connectivity index (χ3n) is 7.89. The number of phenols is 1. The standard InChI is InChI=1S/C30H40FN5O4/c1-4-6-7-21(5-2)18-34-19-27-35(26(29(34)39)16-22-10-14-25(37)15-11-22)28(38)20-33(3)36(27)30(40)32-17-23-8-12-24(31)13-9-23/h8-15,21,26-27,37H,4-7,16-20H2,1-3H3,(H,32,40)/t21?,26-,27-/m0/s1. The maximum atomic E-state index is 13.9. The third kappa shape index (κ3) is 6.72. The SMILES string of the molecule is CCCCC(CC)CN1C[C@H]2N(C(=O)CN(C)N2C(=O)NCc2ccc(F)cc2)[C@@H](Cc2ccc(O)cc2)C1=O. The van der Waals surface area contributed by atoms with Crippen LogP contribution < -0.4 is 5.32 Å². The third-order valence-corrected chi connectivity index (χ3v) is 7.89. The van der Waals surface area contributed by atoms with Gasteiger partial charge < -0.3 is 20.2 Å². The Bertz CT molecular complexity index is 1180. The van der Waals surface area contributed by atoms with Crippen LogP contribution in [0.4, 0.5) is 9.18 Å². The number of piperazine rings is 1. The fourth-order valence-corrected chi connectivity index (χ4v) is 5.61. The number of halogens is 1. The van der Waals surface area contributed by atoms with Crippen molar-refractivity contribution in [1.29, 1.82) is 0 Å². The van der Waals surface area contributed by atoms with Crippen LogP contribution >= 0.6 is 0 Å². The molecule has 2 heterocycles. The molecule has 0 bridgehead atoms. The van der Waals surface area contributed by atoms with E-state index in [0.29, 0.717) is 12.5 Å². The van der Waals surface area contributed by atoms with Crippen LogP contribution in [0.3, 0.4) is 0 Å². The van der Waals surface area contributed by atoms with Crippen molar-refractivity contribution >= 4 is 17.8 Å². The van der Waals surface area contributed by atoms with Gasteiger partial charge in [0.15, 0.2) is 0 Å². The maximum absolute atomic E-state index is 13.9. The lowest BCUT2D eigenvalue weighted by Gasteiger charge is -2.54. The van der Waals surface area contributed by atoms with Crippen molar-refractivity contribution in [2.24, 2.45) is 5.92 Å². The number of likely N-dealkylation sites (N-methyl/N-ethyl adjacent to an activating group) is 1. The minimum Gasteiger partial charge on any atom is -0.508 e. The van der Waals surface area contributed by atoms with E-state index in [1.54, 1.807) is 53.4 Å². The molecule has 0 saturated carbocycles. The highest BCUT2D eigenvalue weighted by atomic mass is 19.1. The lowest BCUT2D eigenvalue weighted by atomic mass is 9.95. The highest BCUT2D eigenvalue weighted by Gasteiger charge is 2.50. The number of phenolic OH excluding ortho intramolecular Hbond substituents is 1. The largest absolute Gasteiger partial charge is 0.508 e. The first-order chi connectivity index (χ1) is 19.2. The molecule has 0 aromatic heterocycles. The molecule has 216 valence electrons. The van der Waals surface area contributed by atoms with Gasteiger partial charge in [-0.25, -0.2) is 19.2 Å². The van der Waals surface area contributed by atoms with E-state index < -0.39 is 18.2 Å². The average molecular weight is 554 g/mol. The van der Waals surface area contributed by atoms with Crippen molar-refractivity contribution in [1.82, 2.24) is 25.1 Å². The van der Waals surface area contributed by atoms with Gasteiger partial charge in [0.05, 0.1) is 13.1 Å². The van der Waals surface area contributed by atoms with Crippen LogP contribution in [0.25, 0.3) is 0 Å². The molecule has 40 heavy (non-hydrogen) atoms. The highest BCUT2D eigenvalue weighted by Crippen LogP contribution is 2.29. The number of hydrogen-bond acceptors (Lipinski definition) is 5. The number of carbonyl (C=O) groups excluding carboxylic acids is 3. The second-order valence-corrected chi connectivity index (χ2v) is 10.8. The Kier molecular flexibility index (Phi) is 9.63. The van der Waals surface area contributed by atoms with E-state index in [2.05, 4.69) is 19.2 Å². The number of unbranched alkanes of at least 4 members (excludes halogenated alkanes) is 1. The number of urea groups is 1. The lowest BCUT2D eigenvalue weighted by molar-refractivity contribution is -0.187. The van der Waals surface area contributed by atoms with Gasteiger partial charge in [-0.1, -0.05) is 57.4 Å². The first-order valence-electron chi connectivity index (χ1n) is 14.1. The summed E-state index contributed by atoms with van der Waals surface area (Å²) in [5.74, 6) is -0.244. The van der Waals surface area contributed by atoms with Gasteiger partial charge in [-0.15, -0.1) is 0 Å². The van der Waals surface area contributed by atoms with Crippen LogP contribution in [-0.4, -0.2) is 81.7 Å². The van der Waals surface area contributed by atoms with Crippen molar-refractivity contribution in [2.75, 3.05) is 26.7 Å². The first kappa shape index (κ1) is 29.3. The molecule has 3 atom stereocenters. The van der Waals surface area contributed by atoms with Crippen molar-refractivity contribution < 1.29 is 23.9 Å². The van der Waals surface area contributed by atoms with Crippen molar-refractivity contribution in [2.45, 2.75) is 64.7 Å². The fraction of sp³-hybridized carbons (Fsp3) is 0.500. The summed E-state index contributed by atoms with van der Waals surface area (Å²) in [5, 5.41) is 15.8. The van der Waals surface area contributed by atoms with Gasteiger partial charge in [-0.05, 0) is 47.7 Å². The molecule has 4 amide bonds. The highest BCUT2D eigenvalue weighted by molar-refractivity contribution is 5.91. The van der Waals surface area contributed by atoms with E-state index in [4.69, 9.17) is 0 Å². The molecule has 0 radical (unpaired) electrons. The Morgan fingerprint density at radius 1 is 1.07 bits per heavy atom. The fourth-order valence-electron chi connectivity index (χ4n) is 5.61. The molecule has 2 N–H and O–H groups in total.